The topological polar surface area (TPSA) is 55.8 Å². The predicted octanol–water partition coefficient (Wildman–Crippen LogP) is 5.60. The number of carbonyl (C=O) groups excluding carboxylic acids is 2. The second-order valence-electron chi connectivity index (χ2n) is 8.33. The third-order valence-electron chi connectivity index (χ3n) is 4.91. The highest BCUT2D eigenvalue weighted by Gasteiger charge is 2.48. The van der Waals surface area contributed by atoms with Crippen molar-refractivity contribution in [1.29, 1.82) is 0 Å². The molecule has 0 bridgehead atoms. The van der Waals surface area contributed by atoms with Gasteiger partial charge in [0.15, 0.2) is 6.10 Å². The lowest BCUT2D eigenvalue weighted by atomic mass is 9.90. The molecule has 158 valence electrons. The first-order chi connectivity index (χ1) is 14.3. The van der Waals surface area contributed by atoms with E-state index in [-0.39, 0.29) is 0 Å². The standard InChI is InChI=1S/C25H29NO4/c1-5-6-17-20-23(27)29-22(19-15-11-8-12-16-19)21(18-13-9-7-10-14-18)26(20)24(28)30-25(2,3)4/h5-16,20-22H,17H2,1-4H3/b6-5+/t20-,21-,22+/m0/s1. The Kier molecular flexibility index (Phi) is 6.60. The minimum atomic E-state index is -0.763. The maximum absolute atomic E-state index is 13.4. The van der Waals surface area contributed by atoms with Gasteiger partial charge in [-0.3, -0.25) is 4.90 Å². The molecule has 0 saturated carbocycles. The zero-order chi connectivity index (χ0) is 21.7. The lowest BCUT2D eigenvalue weighted by molar-refractivity contribution is -0.174. The number of ether oxygens (including phenoxy) is 2. The fourth-order valence-electron chi connectivity index (χ4n) is 3.63. The van der Waals surface area contributed by atoms with E-state index in [0.29, 0.717) is 6.42 Å². The van der Waals surface area contributed by atoms with Gasteiger partial charge in [0.2, 0.25) is 0 Å². The highest BCUT2D eigenvalue weighted by molar-refractivity contribution is 5.84. The van der Waals surface area contributed by atoms with E-state index in [0.717, 1.165) is 11.1 Å². The molecule has 0 N–H and O–H groups in total. The van der Waals surface area contributed by atoms with Crippen molar-refractivity contribution in [3.05, 3.63) is 83.9 Å². The summed E-state index contributed by atoms with van der Waals surface area (Å²) in [5.74, 6) is -0.431. The van der Waals surface area contributed by atoms with E-state index in [9.17, 15) is 9.59 Å². The molecule has 1 heterocycles. The van der Waals surface area contributed by atoms with Crippen molar-refractivity contribution in [3.63, 3.8) is 0 Å². The highest BCUT2D eigenvalue weighted by atomic mass is 16.6. The van der Waals surface area contributed by atoms with Gasteiger partial charge in [-0.1, -0.05) is 72.8 Å². The fraction of sp³-hybridized carbons (Fsp3) is 0.360. The molecule has 1 fully saturated rings. The number of benzene rings is 2. The van der Waals surface area contributed by atoms with Crippen LogP contribution in [0.25, 0.3) is 0 Å². The summed E-state index contributed by atoms with van der Waals surface area (Å²) in [6.07, 6.45) is 2.94. The fourth-order valence-corrected chi connectivity index (χ4v) is 3.63. The van der Waals surface area contributed by atoms with Gasteiger partial charge < -0.3 is 9.47 Å². The number of esters is 1. The Hall–Kier alpha value is -3.08. The monoisotopic (exact) mass is 407 g/mol. The maximum atomic E-state index is 13.4. The number of amides is 1. The normalized spacial score (nSPS) is 22.1. The molecular weight excluding hydrogens is 378 g/mol. The second kappa shape index (κ2) is 9.16. The molecule has 2 aromatic rings. The van der Waals surface area contributed by atoms with Crippen LogP contribution in [-0.2, 0) is 14.3 Å². The van der Waals surface area contributed by atoms with Crippen molar-refractivity contribution >= 4 is 12.1 Å². The first-order valence-electron chi connectivity index (χ1n) is 10.2. The third-order valence-corrected chi connectivity index (χ3v) is 4.91. The van der Waals surface area contributed by atoms with Gasteiger partial charge in [-0.15, -0.1) is 0 Å². The van der Waals surface area contributed by atoms with Crippen molar-refractivity contribution < 1.29 is 19.1 Å². The SMILES string of the molecule is C/C=C/C[C@H]1C(=O)O[C@H](c2ccccc2)[C@H](c2ccccc2)N1C(=O)OC(C)(C)C. The van der Waals surface area contributed by atoms with E-state index in [4.69, 9.17) is 9.47 Å². The molecular formula is C25H29NO4. The molecule has 3 atom stereocenters. The van der Waals surface area contributed by atoms with Crippen LogP contribution >= 0.6 is 0 Å². The molecule has 0 aromatic heterocycles. The Morgan fingerprint density at radius 3 is 2.13 bits per heavy atom. The lowest BCUT2D eigenvalue weighted by Gasteiger charge is -2.45. The molecule has 3 rings (SSSR count). The highest BCUT2D eigenvalue weighted by Crippen LogP contribution is 2.43. The van der Waals surface area contributed by atoms with Crippen molar-refractivity contribution in [2.75, 3.05) is 0 Å². The summed E-state index contributed by atoms with van der Waals surface area (Å²) < 4.78 is 11.7. The van der Waals surface area contributed by atoms with E-state index in [1.165, 1.54) is 0 Å². The summed E-state index contributed by atoms with van der Waals surface area (Å²) in [5, 5.41) is 0. The molecule has 0 spiro atoms. The van der Waals surface area contributed by atoms with E-state index < -0.39 is 35.9 Å². The van der Waals surface area contributed by atoms with Crippen molar-refractivity contribution in [2.24, 2.45) is 0 Å². The molecule has 0 aliphatic carbocycles. The van der Waals surface area contributed by atoms with E-state index in [1.54, 1.807) is 4.90 Å². The Morgan fingerprint density at radius 1 is 1.03 bits per heavy atom. The lowest BCUT2D eigenvalue weighted by Crippen LogP contribution is -2.55. The molecule has 0 radical (unpaired) electrons. The number of cyclic esters (lactones) is 1. The van der Waals surface area contributed by atoms with Crippen LogP contribution in [0.5, 0.6) is 0 Å². The van der Waals surface area contributed by atoms with Crippen LogP contribution in [0.4, 0.5) is 4.79 Å². The van der Waals surface area contributed by atoms with Gasteiger partial charge in [-0.05, 0) is 45.2 Å². The first kappa shape index (κ1) is 21.6. The molecule has 30 heavy (non-hydrogen) atoms. The summed E-state index contributed by atoms with van der Waals surface area (Å²) in [6.45, 7) is 7.34. The van der Waals surface area contributed by atoms with Gasteiger partial charge in [-0.25, -0.2) is 9.59 Å². The van der Waals surface area contributed by atoms with E-state index in [1.807, 2.05) is 101 Å². The summed E-state index contributed by atoms with van der Waals surface area (Å²) in [5.41, 5.74) is 1.03. The van der Waals surface area contributed by atoms with Crippen molar-refractivity contribution in [1.82, 2.24) is 4.90 Å². The number of carbonyl (C=O) groups is 2. The quantitative estimate of drug-likeness (QED) is 0.489. The Balaban J connectivity index is 2.13. The second-order valence-corrected chi connectivity index (χ2v) is 8.33. The Bertz CT molecular complexity index is 886. The number of rotatable bonds is 4. The largest absolute Gasteiger partial charge is 0.453 e. The number of nitrogens with zero attached hydrogens (tertiary/aromatic N) is 1. The van der Waals surface area contributed by atoms with Crippen LogP contribution < -0.4 is 0 Å². The average Bonchev–Trinajstić information content (AvgIpc) is 2.72. The summed E-state index contributed by atoms with van der Waals surface area (Å²) >= 11 is 0. The van der Waals surface area contributed by atoms with Gasteiger partial charge in [0.1, 0.15) is 17.7 Å². The third kappa shape index (κ3) is 4.90. The molecule has 1 aliphatic heterocycles. The molecule has 5 heteroatoms. The number of morpholine rings is 1. The van der Waals surface area contributed by atoms with Crippen LogP contribution in [0.2, 0.25) is 0 Å². The van der Waals surface area contributed by atoms with Gasteiger partial charge in [-0.2, -0.15) is 0 Å². The Morgan fingerprint density at radius 2 is 1.60 bits per heavy atom. The molecule has 0 unspecified atom stereocenters. The van der Waals surface area contributed by atoms with Crippen LogP contribution in [0.3, 0.4) is 0 Å². The zero-order valence-electron chi connectivity index (χ0n) is 17.9. The zero-order valence-corrected chi connectivity index (χ0v) is 17.9. The predicted molar refractivity (Wildman–Crippen MR) is 116 cm³/mol. The van der Waals surface area contributed by atoms with Gasteiger partial charge in [0.05, 0.1) is 0 Å². The smallest absolute Gasteiger partial charge is 0.411 e. The van der Waals surface area contributed by atoms with E-state index >= 15 is 0 Å². The molecule has 1 saturated heterocycles. The molecule has 5 nitrogen and oxygen atoms in total. The summed E-state index contributed by atoms with van der Waals surface area (Å²) in [7, 11) is 0. The van der Waals surface area contributed by atoms with Crippen LogP contribution in [0.1, 0.15) is 57.4 Å². The van der Waals surface area contributed by atoms with Crippen LogP contribution in [-0.4, -0.2) is 28.6 Å². The number of hydrogen-bond donors (Lipinski definition) is 0. The first-order valence-corrected chi connectivity index (χ1v) is 10.2. The summed E-state index contributed by atoms with van der Waals surface area (Å²) in [4.78, 5) is 28.0. The molecule has 1 aliphatic rings. The van der Waals surface area contributed by atoms with Crippen LogP contribution in [0, 0.1) is 0 Å². The van der Waals surface area contributed by atoms with E-state index in [2.05, 4.69) is 0 Å². The minimum Gasteiger partial charge on any atom is -0.453 e. The van der Waals surface area contributed by atoms with Crippen molar-refractivity contribution in [3.8, 4) is 0 Å². The van der Waals surface area contributed by atoms with Gasteiger partial charge in [0, 0.05) is 0 Å². The summed E-state index contributed by atoms with van der Waals surface area (Å²) in [6, 6.07) is 17.9. The van der Waals surface area contributed by atoms with Crippen LogP contribution in [0.15, 0.2) is 72.8 Å². The van der Waals surface area contributed by atoms with Gasteiger partial charge >= 0.3 is 12.1 Å². The number of allylic oxidation sites excluding steroid dienone is 1. The molecule has 1 amide bonds. The van der Waals surface area contributed by atoms with Gasteiger partial charge in [0.25, 0.3) is 0 Å². The number of hydrogen-bond acceptors (Lipinski definition) is 4. The average molecular weight is 408 g/mol. The molecule has 2 aromatic carbocycles. The van der Waals surface area contributed by atoms with Crippen molar-refractivity contribution in [2.45, 2.75) is 57.9 Å². The minimum absolute atomic E-state index is 0.361. The Labute approximate surface area is 178 Å². The maximum Gasteiger partial charge on any atom is 0.411 e.